The maximum atomic E-state index is 13.0. The highest BCUT2D eigenvalue weighted by molar-refractivity contribution is 7.13. The smallest absolute Gasteiger partial charge is 0.260 e. The molecule has 1 aromatic carbocycles. The first kappa shape index (κ1) is 20.0. The molecule has 3 rings (SSSR count). The van der Waals surface area contributed by atoms with Gasteiger partial charge in [-0.15, -0.1) is 10.2 Å². The number of aromatic nitrogens is 3. The van der Waals surface area contributed by atoms with Crippen LogP contribution in [0.4, 0.5) is 10.8 Å². The van der Waals surface area contributed by atoms with Gasteiger partial charge in [-0.1, -0.05) is 29.9 Å². The Kier molecular flexibility index (Phi) is 7.16. The topological polar surface area (TPSA) is 80.2 Å². The second-order valence-electron chi connectivity index (χ2n) is 5.86. The van der Waals surface area contributed by atoms with Crippen molar-refractivity contribution in [3.63, 3.8) is 0 Å². The quantitative estimate of drug-likeness (QED) is 0.527. The number of nitrogens with one attached hydrogen (secondary N) is 1. The molecule has 9 heteroatoms. The van der Waals surface area contributed by atoms with Crippen LogP contribution < -0.4 is 15.0 Å². The summed E-state index contributed by atoms with van der Waals surface area (Å²) < 4.78 is 5.77. The van der Waals surface area contributed by atoms with Gasteiger partial charge in [-0.25, -0.2) is 0 Å². The van der Waals surface area contributed by atoms with Crippen LogP contribution in [0.1, 0.15) is 23.7 Å². The minimum atomic E-state index is -0.180. The molecule has 0 saturated carbocycles. The normalized spacial score (nSPS) is 10.5. The Morgan fingerprint density at radius 1 is 1.29 bits per heavy atom. The van der Waals surface area contributed by atoms with Crippen molar-refractivity contribution in [1.29, 1.82) is 0 Å². The molecule has 0 spiro atoms. The number of halogens is 1. The van der Waals surface area contributed by atoms with Crippen molar-refractivity contribution in [2.45, 2.75) is 13.3 Å². The average Bonchev–Trinajstić information content (AvgIpc) is 3.24. The van der Waals surface area contributed by atoms with E-state index in [4.69, 9.17) is 16.3 Å². The number of hydrogen-bond acceptors (Lipinski definition) is 7. The fourth-order valence-electron chi connectivity index (χ4n) is 2.55. The first-order valence-corrected chi connectivity index (χ1v) is 10.1. The van der Waals surface area contributed by atoms with Crippen LogP contribution in [0, 0.1) is 0 Å². The van der Waals surface area contributed by atoms with Crippen LogP contribution in [0.5, 0.6) is 5.75 Å². The zero-order chi connectivity index (χ0) is 19.8. The van der Waals surface area contributed by atoms with Gasteiger partial charge >= 0.3 is 0 Å². The Balaban J connectivity index is 1.65. The monoisotopic (exact) mass is 417 g/mol. The molecular formula is C19H20ClN5O2S. The number of nitrogens with zero attached hydrogens (tertiary/aromatic N) is 4. The van der Waals surface area contributed by atoms with E-state index in [0.29, 0.717) is 41.2 Å². The molecule has 1 N–H and O–H groups in total. The molecule has 3 aromatic rings. The van der Waals surface area contributed by atoms with Gasteiger partial charge in [0.25, 0.3) is 5.91 Å². The Hall–Kier alpha value is -2.71. The molecule has 1 amide bonds. The van der Waals surface area contributed by atoms with E-state index in [9.17, 15) is 4.79 Å². The summed E-state index contributed by atoms with van der Waals surface area (Å²) >= 11 is 7.53. The average molecular weight is 418 g/mol. The second-order valence-corrected chi connectivity index (χ2v) is 7.11. The van der Waals surface area contributed by atoms with Crippen LogP contribution in [-0.4, -0.2) is 40.8 Å². The van der Waals surface area contributed by atoms with Crippen LogP contribution in [0.25, 0.3) is 0 Å². The van der Waals surface area contributed by atoms with Crippen LogP contribution in [0.2, 0.25) is 5.02 Å². The van der Waals surface area contributed by atoms with Gasteiger partial charge in [0.2, 0.25) is 5.13 Å². The van der Waals surface area contributed by atoms with Crippen molar-refractivity contribution in [1.82, 2.24) is 15.2 Å². The van der Waals surface area contributed by atoms with Crippen molar-refractivity contribution in [2.75, 3.05) is 29.9 Å². The number of carbonyl (C=O) groups is 1. The minimum absolute atomic E-state index is 0.180. The van der Waals surface area contributed by atoms with E-state index < -0.39 is 0 Å². The van der Waals surface area contributed by atoms with E-state index in [0.717, 1.165) is 12.1 Å². The molecule has 2 aromatic heterocycles. The minimum Gasteiger partial charge on any atom is -0.492 e. The van der Waals surface area contributed by atoms with Gasteiger partial charge in [-0.3, -0.25) is 14.7 Å². The predicted octanol–water partition coefficient (Wildman–Crippen LogP) is 4.13. The summed E-state index contributed by atoms with van der Waals surface area (Å²) in [6.45, 7) is 3.58. The summed E-state index contributed by atoms with van der Waals surface area (Å²) in [4.78, 5) is 18.6. The van der Waals surface area contributed by atoms with E-state index in [2.05, 4.69) is 20.5 Å². The van der Waals surface area contributed by atoms with E-state index in [1.165, 1.54) is 11.3 Å². The zero-order valence-electron chi connectivity index (χ0n) is 15.3. The number of pyridine rings is 1. The summed E-state index contributed by atoms with van der Waals surface area (Å²) in [6, 6.07) is 8.79. The molecule has 0 aliphatic rings. The van der Waals surface area contributed by atoms with Gasteiger partial charge < -0.3 is 10.1 Å². The molecule has 0 fully saturated rings. The van der Waals surface area contributed by atoms with Crippen LogP contribution in [0.3, 0.4) is 0 Å². The second kappa shape index (κ2) is 10.0. The predicted molar refractivity (Wildman–Crippen MR) is 112 cm³/mol. The lowest BCUT2D eigenvalue weighted by Gasteiger charge is -2.19. The number of carbonyl (C=O) groups excluding carboxylic acids is 1. The number of amides is 1. The van der Waals surface area contributed by atoms with Crippen molar-refractivity contribution >= 4 is 39.7 Å². The summed E-state index contributed by atoms with van der Waals surface area (Å²) in [6.07, 6.45) is 4.24. The molecule has 0 aliphatic carbocycles. The summed E-state index contributed by atoms with van der Waals surface area (Å²) in [7, 11) is 0. The number of anilines is 2. The highest BCUT2D eigenvalue weighted by atomic mass is 35.5. The Morgan fingerprint density at radius 3 is 2.82 bits per heavy atom. The van der Waals surface area contributed by atoms with Crippen LogP contribution >= 0.6 is 22.9 Å². The lowest BCUT2D eigenvalue weighted by molar-refractivity contribution is 0.0986. The first-order chi connectivity index (χ1) is 13.7. The zero-order valence-corrected chi connectivity index (χ0v) is 16.9. The molecule has 0 saturated heterocycles. The molecule has 2 heterocycles. The van der Waals surface area contributed by atoms with E-state index in [1.807, 2.05) is 19.1 Å². The van der Waals surface area contributed by atoms with Gasteiger partial charge in [0, 0.05) is 41.8 Å². The highest BCUT2D eigenvalue weighted by Gasteiger charge is 2.20. The van der Waals surface area contributed by atoms with Crippen LogP contribution in [0.15, 0.2) is 48.2 Å². The lowest BCUT2D eigenvalue weighted by Crippen LogP contribution is -2.31. The van der Waals surface area contributed by atoms with Crippen LogP contribution in [-0.2, 0) is 0 Å². The Bertz CT molecular complexity index is 893. The molecule has 146 valence electrons. The van der Waals surface area contributed by atoms with E-state index >= 15 is 0 Å². The standard InChI is InChI=1S/C19H20ClN5O2S/c1-2-8-25(19-24-23-13-28-19)18(26)14-10-15(20)12-17(11-14)27-9-7-22-16-3-5-21-6-4-16/h3-6,10-13H,2,7-9H2,1H3,(H,21,22). The summed E-state index contributed by atoms with van der Waals surface area (Å²) in [5.41, 5.74) is 3.02. The fraction of sp³-hybridized carbons (Fsp3) is 0.263. The third-order valence-corrected chi connectivity index (χ3v) is 4.70. The molecule has 0 bridgehead atoms. The molecule has 0 aliphatic heterocycles. The van der Waals surface area contributed by atoms with Gasteiger partial charge in [0.15, 0.2) is 0 Å². The maximum absolute atomic E-state index is 13.0. The number of rotatable bonds is 9. The Morgan fingerprint density at radius 2 is 2.11 bits per heavy atom. The van der Waals surface area contributed by atoms with Gasteiger partial charge in [-0.05, 0) is 36.8 Å². The maximum Gasteiger partial charge on any atom is 0.260 e. The van der Waals surface area contributed by atoms with Crippen molar-refractivity contribution in [3.8, 4) is 5.75 Å². The summed E-state index contributed by atoms with van der Waals surface area (Å²) in [5, 5.41) is 12.1. The van der Waals surface area contributed by atoms with Crippen molar-refractivity contribution in [2.24, 2.45) is 0 Å². The van der Waals surface area contributed by atoms with E-state index in [1.54, 1.807) is 41.0 Å². The van der Waals surface area contributed by atoms with Gasteiger partial charge in [0.05, 0.1) is 0 Å². The highest BCUT2D eigenvalue weighted by Crippen LogP contribution is 2.25. The molecule has 7 nitrogen and oxygen atoms in total. The first-order valence-electron chi connectivity index (χ1n) is 8.82. The van der Waals surface area contributed by atoms with Crippen molar-refractivity contribution < 1.29 is 9.53 Å². The largest absolute Gasteiger partial charge is 0.492 e. The molecule has 0 radical (unpaired) electrons. The molecule has 0 atom stereocenters. The molecular weight excluding hydrogens is 398 g/mol. The molecule has 28 heavy (non-hydrogen) atoms. The Labute approximate surface area is 172 Å². The third-order valence-electron chi connectivity index (χ3n) is 3.77. The fourth-order valence-corrected chi connectivity index (χ4v) is 3.36. The number of hydrogen-bond donors (Lipinski definition) is 1. The van der Waals surface area contributed by atoms with E-state index in [-0.39, 0.29) is 5.91 Å². The van der Waals surface area contributed by atoms with Gasteiger partial charge in [-0.2, -0.15) is 0 Å². The SMILES string of the molecule is CCCN(C(=O)c1cc(Cl)cc(OCCNc2ccncc2)c1)c1nncs1. The van der Waals surface area contributed by atoms with Gasteiger partial charge in [0.1, 0.15) is 17.9 Å². The third kappa shape index (κ3) is 5.40. The number of ether oxygens (including phenoxy) is 1. The van der Waals surface area contributed by atoms with Crippen molar-refractivity contribution in [3.05, 3.63) is 58.8 Å². The lowest BCUT2D eigenvalue weighted by atomic mass is 10.2. The number of benzene rings is 1. The summed E-state index contributed by atoms with van der Waals surface area (Å²) in [5.74, 6) is 0.363. The molecule has 0 unspecified atom stereocenters.